The van der Waals surface area contributed by atoms with Gasteiger partial charge in [0.2, 0.25) is 0 Å². The number of nitrogens with one attached hydrogen (secondary N) is 2. The molecule has 10 heteroatoms. The number of carbonyl (C=O) groups is 1. The Kier molecular flexibility index (Phi) is 6.80. The number of hydrogen-bond donors (Lipinski definition) is 3. The average molecular weight is 493 g/mol. The van der Waals surface area contributed by atoms with Gasteiger partial charge in [-0.15, -0.1) is 0 Å². The number of aromatic nitrogens is 2. The van der Waals surface area contributed by atoms with Crippen molar-refractivity contribution in [3.63, 3.8) is 0 Å². The van der Waals surface area contributed by atoms with Crippen LogP contribution in [0.25, 0.3) is 0 Å². The second kappa shape index (κ2) is 9.80. The van der Waals surface area contributed by atoms with Crippen LogP contribution >= 0.6 is 0 Å². The number of nitrogens with zero attached hydrogens (tertiary/aromatic N) is 3. The van der Waals surface area contributed by atoms with Gasteiger partial charge >= 0.3 is 0 Å². The third-order valence-electron chi connectivity index (χ3n) is 6.38. The second-order valence-corrected chi connectivity index (χ2v) is 10.5. The molecule has 1 fully saturated rings. The highest BCUT2D eigenvalue weighted by Gasteiger charge is 2.29. The minimum atomic E-state index is -3.79. The average Bonchev–Trinajstić information content (AvgIpc) is 3.26. The summed E-state index contributed by atoms with van der Waals surface area (Å²) in [4.78, 5) is 12.2. The summed E-state index contributed by atoms with van der Waals surface area (Å²) in [6.07, 6.45) is 5.16. The van der Waals surface area contributed by atoms with Crippen LogP contribution in [0.3, 0.4) is 0 Å². The van der Waals surface area contributed by atoms with Crippen molar-refractivity contribution in [3.05, 3.63) is 65.4 Å². The summed E-state index contributed by atoms with van der Waals surface area (Å²) in [6.45, 7) is 3.69. The highest BCUT2D eigenvalue weighted by molar-refractivity contribution is 7.92. The van der Waals surface area contributed by atoms with Crippen LogP contribution in [0.5, 0.6) is 0 Å². The number of carbonyl (C=O) groups excluding carboxylic acids is 1. The zero-order valence-corrected chi connectivity index (χ0v) is 20.5. The third-order valence-corrected chi connectivity index (χ3v) is 7.74. The van der Waals surface area contributed by atoms with E-state index < -0.39 is 15.9 Å². The van der Waals surface area contributed by atoms with Crippen LogP contribution in [0.4, 0.5) is 17.2 Å². The number of hydrogen-bond acceptors (Lipinski definition) is 6. The molecule has 1 heterocycles. The largest absolute Gasteiger partial charge is 0.365 e. The lowest BCUT2D eigenvalue weighted by Crippen LogP contribution is -2.22. The topological polar surface area (TPSA) is 143 Å². The fraction of sp³-hybridized carbons (Fsp3) is 0.320. The quantitative estimate of drug-likeness (QED) is 0.446. The molecule has 4 rings (SSSR count). The molecule has 182 valence electrons. The van der Waals surface area contributed by atoms with Gasteiger partial charge < -0.3 is 11.1 Å². The molecular formula is C25H28N6O3S. The van der Waals surface area contributed by atoms with E-state index in [2.05, 4.69) is 21.2 Å². The van der Waals surface area contributed by atoms with E-state index in [-0.39, 0.29) is 28.2 Å². The number of aryl methyl sites for hydroxylation is 2. The van der Waals surface area contributed by atoms with E-state index in [0.29, 0.717) is 11.4 Å². The Morgan fingerprint density at radius 3 is 2.40 bits per heavy atom. The van der Waals surface area contributed by atoms with Crippen molar-refractivity contribution >= 4 is 33.1 Å². The molecule has 1 aliphatic rings. The van der Waals surface area contributed by atoms with Gasteiger partial charge in [0.05, 0.1) is 28.6 Å². The third kappa shape index (κ3) is 5.15. The van der Waals surface area contributed by atoms with Gasteiger partial charge in [0.25, 0.3) is 15.9 Å². The molecule has 0 radical (unpaired) electrons. The summed E-state index contributed by atoms with van der Waals surface area (Å²) < 4.78 is 30.2. The number of nitrogens with two attached hydrogens (primary N) is 1. The number of para-hydroxylation sites is 1. The van der Waals surface area contributed by atoms with Crippen molar-refractivity contribution in [2.45, 2.75) is 50.5 Å². The van der Waals surface area contributed by atoms with Gasteiger partial charge in [-0.1, -0.05) is 31.0 Å². The van der Waals surface area contributed by atoms with E-state index in [1.54, 1.807) is 23.0 Å². The Balaban J connectivity index is 1.56. The van der Waals surface area contributed by atoms with E-state index >= 15 is 0 Å². The van der Waals surface area contributed by atoms with Crippen molar-refractivity contribution in [3.8, 4) is 6.07 Å². The molecular weight excluding hydrogens is 464 g/mol. The van der Waals surface area contributed by atoms with Crippen molar-refractivity contribution in [1.82, 2.24) is 9.78 Å². The Labute approximate surface area is 205 Å². The number of nitriles is 1. The first-order valence-electron chi connectivity index (χ1n) is 11.4. The molecule has 4 N–H and O–H groups in total. The molecule has 1 aliphatic carbocycles. The lowest BCUT2D eigenvalue weighted by Gasteiger charge is -2.26. The maximum Gasteiger partial charge on any atom is 0.261 e. The molecule has 1 saturated carbocycles. The first kappa shape index (κ1) is 24.3. The highest BCUT2D eigenvalue weighted by atomic mass is 32.2. The lowest BCUT2D eigenvalue weighted by atomic mass is 9.85. The van der Waals surface area contributed by atoms with E-state index in [9.17, 15) is 18.5 Å². The van der Waals surface area contributed by atoms with E-state index in [1.807, 2.05) is 32.0 Å². The molecule has 9 nitrogen and oxygen atoms in total. The number of amides is 1. The van der Waals surface area contributed by atoms with Gasteiger partial charge in [-0.2, -0.15) is 10.4 Å². The summed E-state index contributed by atoms with van der Waals surface area (Å²) >= 11 is 0. The summed E-state index contributed by atoms with van der Waals surface area (Å²) in [7, 11) is -3.79. The number of anilines is 3. The molecule has 0 saturated heterocycles. The molecule has 1 aromatic heterocycles. The van der Waals surface area contributed by atoms with Crippen LogP contribution in [0.2, 0.25) is 0 Å². The summed E-state index contributed by atoms with van der Waals surface area (Å²) in [6, 6.07) is 13.9. The molecule has 3 aromatic rings. The maximum absolute atomic E-state index is 12.9. The molecule has 2 aromatic carbocycles. The number of primary amides is 1. The van der Waals surface area contributed by atoms with Crippen LogP contribution in [-0.2, 0) is 10.0 Å². The van der Waals surface area contributed by atoms with Crippen molar-refractivity contribution in [1.29, 1.82) is 5.26 Å². The Morgan fingerprint density at radius 1 is 1.11 bits per heavy atom. The minimum absolute atomic E-state index is 0.102. The molecule has 0 spiro atoms. The van der Waals surface area contributed by atoms with Crippen LogP contribution in [0, 0.1) is 31.1 Å². The predicted octanol–water partition coefficient (Wildman–Crippen LogP) is 4.40. The number of benzene rings is 2. The Morgan fingerprint density at radius 2 is 1.77 bits per heavy atom. The molecule has 2 atom stereocenters. The maximum atomic E-state index is 12.9. The monoisotopic (exact) mass is 492 g/mol. The number of rotatable bonds is 7. The first-order valence-corrected chi connectivity index (χ1v) is 12.9. The minimum Gasteiger partial charge on any atom is -0.365 e. The molecule has 35 heavy (non-hydrogen) atoms. The summed E-state index contributed by atoms with van der Waals surface area (Å²) in [5, 5.41) is 17.1. The van der Waals surface area contributed by atoms with Gasteiger partial charge in [0.15, 0.2) is 5.82 Å². The van der Waals surface area contributed by atoms with Gasteiger partial charge in [-0.3, -0.25) is 14.2 Å². The Hall–Kier alpha value is -3.84. The Bertz CT molecular complexity index is 1370. The van der Waals surface area contributed by atoms with Gasteiger partial charge in [0, 0.05) is 11.9 Å². The summed E-state index contributed by atoms with van der Waals surface area (Å²) in [5.41, 5.74) is 8.55. The van der Waals surface area contributed by atoms with Crippen LogP contribution in [0.1, 0.15) is 53.2 Å². The second-order valence-electron chi connectivity index (χ2n) is 8.84. The van der Waals surface area contributed by atoms with E-state index in [4.69, 9.17) is 5.73 Å². The fourth-order valence-corrected chi connectivity index (χ4v) is 5.64. The van der Waals surface area contributed by atoms with Crippen LogP contribution in [0.15, 0.2) is 53.6 Å². The molecule has 0 unspecified atom stereocenters. The van der Waals surface area contributed by atoms with Crippen molar-refractivity contribution in [2.75, 3.05) is 10.0 Å². The van der Waals surface area contributed by atoms with Gasteiger partial charge in [-0.05, 0) is 62.1 Å². The molecule has 0 aliphatic heterocycles. The predicted molar refractivity (Wildman–Crippen MR) is 134 cm³/mol. The molecule has 0 bridgehead atoms. The van der Waals surface area contributed by atoms with Gasteiger partial charge in [0.1, 0.15) is 5.56 Å². The van der Waals surface area contributed by atoms with Gasteiger partial charge in [-0.25, -0.2) is 8.42 Å². The lowest BCUT2D eigenvalue weighted by molar-refractivity contribution is 0.100. The van der Waals surface area contributed by atoms with Crippen LogP contribution < -0.4 is 15.8 Å². The van der Waals surface area contributed by atoms with E-state index in [1.165, 1.54) is 12.1 Å². The highest BCUT2D eigenvalue weighted by Crippen LogP contribution is 2.34. The summed E-state index contributed by atoms with van der Waals surface area (Å²) in [5.74, 6) is -0.546. The number of sulfonamides is 1. The standard InChI is InChI=1S/C25H28N6O3S/c1-16-6-5-7-17(2)23(16)30-35(33,34)20-12-10-19(11-13-20)28-25-21(24(27)32)15-31(29-25)22-9-4-3-8-18(22)14-26/h5-7,10-13,15,18,22,30H,3-4,8-9H2,1-2H3,(H2,27,32)(H,28,29)/t18-,22-/m1/s1. The SMILES string of the molecule is Cc1cccc(C)c1NS(=O)(=O)c1ccc(Nc2nn([C@@H]3CCCC[C@@H]3C#N)cc2C(N)=O)cc1. The first-order chi connectivity index (χ1) is 16.7. The fourth-order valence-electron chi connectivity index (χ4n) is 4.44. The normalized spacial score (nSPS) is 18.0. The van der Waals surface area contributed by atoms with Crippen molar-refractivity contribution < 1.29 is 13.2 Å². The van der Waals surface area contributed by atoms with Crippen molar-refractivity contribution in [2.24, 2.45) is 11.7 Å². The van der Waals surface area contributed by atoms with Crippen LogP contribution in [-0.4, -0.2) is 24.1 Å². The zero-order valence-electron chi connectivity index (χ0n) is 19.7. The van der Waals surface area contributed by atoms with E-state index in [0.717, 1.165) is 36.8 Å². The molecule has 1 amide bonds. The smallest absolute Gasteiger partial charge is 0.261 e. The zero-order chi connectivity index (χ0) is 25.2.